The Hall–Kier alpha value is -3.92. The summed E-state index contributed by atoms with van der Waals surface area (Å²) in [6, 6.07) is 19.8. The summed E-state index contributed by atoms with van der Waals surface area (Å²) in [5.74, 6) is -0.765. The molecule has 0 aliphatic heterocycles. The highest BCUT2D eigenvalue weighted by molar-refractivity contribution is 7.92. The normalized spacial score (nSPS) is 14.2. The Balaban J connectivity index is 1.67. The Labute approximate surface area is 253 Å². The first-order valence-electron chi connectivity index (χ1n) is 14.9. The highest BCUT2D eigenvalue weighted by Crippen LogP contribution is 2.27. The second-order valence-electron chi connectivity index (χ2n) is 10.6. The van der Waals surface area contributed by atoms with Crippen molar-refractivity contribution < 1.29 is 27.1 Å². The summed E-state index contributed by atoms with van der Waals surface area (Å²) in [4.78, 5) is 29.0. The van der Waals surface area contributed by atoms with Crippen molar-refractivity contribution in [3.05, 3.63) is 90.2 Å². The third-order valence-electron chi connectivity index (χ3n) is 7.69. The Morgan fingerprint density at radius 2 is 1.60 bits per heavy atom. The largest absolute Gasteiger partial charge is 0.494 e. The lowest BCUT2D eigenvalue weighted by molar-refractivity contribution is -0.139. The molecule has 1 saturated carbocycles. The minimum absolute atomic E-state index is 0.0758. The van der Waals surface area contributed by atoms with Gasteiger partial charge in [-0.25, -0.2) is 12.8 Å². The predicted octanol–water partition coefficient (Wildman–Crippen LogP) is 5.33. The molecule has 3 aromatic rings. The van der Waals surface area contributed by atoms with Gasteiger partial charge in [-0.3, -0.25) is 13.9 Å². The second kappa shape index (κ2) is 15.0. The van der Waals surface area contributed by atoms with Crippen molar-refractivity contribution in [2.45, 2.75) is 69.4 Å². The predicted molar refractivity (Wildman–Crippen MR) is 165 cm³/mol. The van der Waals surface area contributed by atoms with Gasteiger partial charge >= 0.3 is 0 Å². The molecule has 1 aliphatic rings. The van der Waals surface area contributed by atoms with Gasteiger partial charge in [0.25, 0.3) is 10.0 Å². The van der Waals surface area contributed by atoms with Crippen molar-refractivity contribution in [2.75, 3.05) is 24.0 Å². The molecule has 0 saturated heterocycles. The van der Waals surface area contributed by atoms with Crippen LogP contribution in [-0.2, 0) is 26.0 Å². The van der Waals surface area contributed by atoms with E-state index in [1.807, 2.05) is 44.2 Å². The van der Waals surface area contributed by atoms with E-state index in [4.69, 9.17) is 4.74 Å². The van der Waals surface area contributed by atoms with Crippen LogP contribution in [0.2, 0.25) is 0 Å². The molecule has 0 bridgehead atoms. The van der Waals surface area contributed by atoms with Crippen molar-refractivity contribution in [3.63, 3.8) is 0 Å². The number of nitrogens with one attached hydrogen (secondary N) is 1. The van der Waals surface area contributed by atoms with Gasteiger partial charge < -0.3 is 15.0 Å². The minimum atomic E-state index is -4.29. The van der Waals surface area contributed by atoms with Crippen LogP contribution in [0.4, 0.5) is 10.1 Å². The number of hydrogen-bond donors (Lipinski definition) is 1. The molecule has 1 atom stereocenters. The van der Waals surface area contributed by atoms with E-state index in [1.165, 1.54) is 17.0 Å². The third kappa shape index (κ3) is 8.34. The van der Waals surface area contributed by atoms with Gasteiger partial charge in [-0.15, -0.1) is 0 Å². The Morgan fingerprint density at radius 1 is 0.953 bits per heavy atom. The lowest BCUT2D eigenvalue weighted by atomic mass is 10.1. The number of ether oxygens (including phenoxy) is 1. The minimum Gasteiger partial charge on any atom is -0.494 e. The maximum Gasteiger partial charge on any atom is 0.264 e. The van der Waals surface area contributed by atoms with Gasteiger partial charge in [0.2, 0.25) is 11.8 Å². The first-order valence-corrected chi connectivity index (χ1v) is 16.3. The first kappa shape index (κ1) is 32.0. The van der Waals surface area contributed by atoms with Gasteiger partial charge in [-0.2, -0.15) is 0 Å². The van der Waals surface area contributed by atoms with Crippen LogP contribution in [0.3, 0.4) is 0 Å². The number of anilines is 1. The molecule has 0 spiro atoms. The first-order chi connectivity index (χ1) is 20.7. The molecule has 3 aromatic carbocycles. The molecule has 43 heavy (non-hydrogen) atoms. The van der Waals surface area contributed by atoms with Gasteiger partial charge in [-0.05, 0) is 86.7 Å². The fourth-order valence-corrected chi connectivity index (χ4v) is 6.82. The summed E-state index contributed by atoms with van der Waals surface area (Å²) in [7, 11) is -4.29. The molecule has 1 aliphatic carbocycles. The van der Waals surface area contributed by atoms with E-state index >= 15 is 0 Å². The Bertz CT molecular complexity index is 1440. The van der Waals surface area contributed by atoms with Gasteiger partial charge in [0.05, 0.1) is 17.2 Å². The van der Waals surface area contributed by atoms with Crippen molar-refractivity contribution in [1.29, 1.82) is 0 Å². The lowest BCUT2D eigenvalue weighted by Crippen LogP contribution is -2.54. The number of amides is 2. The molecular weight excluding hydrogens is 569 g/mol. The van der Waals surface area contributed by atoms with Crippen molar-refractivity contribution >= 4 is 27.5 Å². The fraction of sp³-hybridized carbons (Fsp3) is 0.394. The Morgan fingerprint density at radius 3 is 2.21 bits per heavy atom. The zero-order valence-corrected chi connectivity index (χ0v) is 25.6. The van der Waals surface area contributed by atoms with E-state index in [0.717, 1.165) is 47.7 Å². The number of carbonyl (C=O) groups is 2. The summed E-state index contributed by atoms with van der Waals surface area (Å²) in [6.45, 7) is 3.81. The zero-order chi connectivity index (χ0) is 30.8. The summed E-state index contributed by atoms with van der Waals surface area (Å²) in [6.07, 6.45) is 4.77. The number of sulfonamides is 1. The number of benzene rings is 3. The summed E-state index contributed by atoms with van der Waals surface area (Å²) >= 11 is 0. The van der Waals surface area contributed by atoms with Crippen molar-refractivity contribution in [3.8, 4) is 5.75 Å². The number of halogens is 1. The molecule has 0 heterocycles. The van der Waals surface area contributed by atoms with Crippen LogP contribution in [0.25, 0.3) is 0 Å². The quantitative estimate of drug-likeness (QED) is 0.267. The number of nitrogens with zero attached hydrogens (tertiary/aromatic N) is 2. The molecule has 1 fully saturated rings. The van der Waals surface area contributed by atoms with Gasteiger partial charge in [0.1, 0.15) is 24.2 Å². The molecule has 0 aromatic heterocycles. The monoisotopic (exact) mass is 609 g/mol. The summed E-state index contributed by atoms with van der Waals surface area (Å²) in [5, 5.41) is 3.11. The van der Waals surface area contributed by atoms with Crippen LogP contribution in [0.5, 0.6) is 5.75 Å². The lowest BCUT2D eigenvalue weighted by Gasteiger charge is -2.33. The summed E-state index contributed by atoms with van der Waals surface area (Å²) < 4.78 is 48.0. The van der Waals surface area contributed by atoms with Crippen LogP contribution < -0.4 is 14.4 Å². The number of hydrogen-bond acceptors (Lipinski definition) is 5. The SMILES string of the molecule is CCOc1ccc(N(CC(=O)N(CCc2ccccc2)[C@@H](CC)C(=O)NC2CCCC2)S(=O)(=O)c2ccc(F)cc2)cc1. The molecule has 4 rings (SSSR count). The molecule has 1 N–H and O–H groups in total. The summed E-state index contributed by atoms with van der Waals surface area (Å²) in [5.41, 5.74) is 1.24. The average molecular weight is 610 g/mol. The number of rotatable bonds is 14. The molecule has 0 unspecified atom stereocenters. The van der Waals surface area contributed by atoms with E-state index in [1.54, 1.807) is 24.3 Å². The van der Waals surface area contributed by atoms with Crippen LogP contribution in [0.15, 0.2) is 83.8 Å². The van der Waals surface area contributed by atoms with E-state index in [2.05, 4.69) is 5.32 Å². The van der Waals surface area contributed by atoms with Gasteiger partial charge in [0, 0.05) is 12.6 Å². The van der Waals surface area contributed by atoms with Gasteiger partial charge in [0.15, 0.2) is 0 Å². The molecule has 2 amide bonds. The van der Waals surface area contributed by atoms with Crippen LogP contribution in [0.1, 0.15) is 51.5 Å². The average Bonchev–Trinajstić information content (AvgIpc) is 3.52. The molecular formula is C33H40FN3O5S. The van der Waals surface area contributed by atoms with Crippen LogP contribution in [0, 0.1) is 5.82 Å². The highest BCUT2D eigenvalue weighted by atomic mass is 32.2. The van der Waals surface area contributed by atoms with Crippen LogP contribution >= 0.6 is 0 Å². The fourth-order valence-electron chi connectivity index (χ4n) is 5.40. The number of carbonyl (C=O) groups excluding carboxylic acids is 2. The molecule has 10 heteroatoms. The third-order valence-corrected chi connectivity index (χ3v) is 9.48. The van der Waals surface area contributed by atoms with E-state index in [0.29, 0.717) is 25.2 Å². The molecule has 8 nitrogen and oxygen atoms in total. The standard InChI is InChI=1S/C33H40FN3O5S/c1-3-31(33(39)35-27-12-8-9-13-27)36(23-22-25-10-6-5-7-11-25)32(38)24-37(28-16-18-29(19-17-28)42-4-2)43(40,41)30-20-14-26(34)15-21-30/h5-7,10-11,14-21,27,31H,3-4,8-9,12-13,22-24H2,1-2H3,(H,35,39)/t31-/m0/s1. The van der Waals surface area contributed by atoms with Crippen molar-refractivity contribution in [1.82, 2.24) is 10.2 Å². The molecule has 230 valence electrons. The second-order valence-corrected chi connectivity index (χ2v) is 12.5. The maximum absolute atomic E-state index is 14.1. The maximum atomic E-state index is 14.1. The Kier molecular flexibility index (Phi) is 11.2. The van der Waals surface area contributed by atoms with Crippen molar-refractivity contribution in [2.24, 2.45) is 0 Å². The highest BCUT2D eigenvalue weighted by Gasteiger charge is 2.34. The van der Waals surface area contributed by atoms with Gasteiger partial charge in [-0.1, -0.05) is 50.1 Å². The van der Waals surface area contributed by atoms with E-state index in [9.17, 15) is 22.4 Å². The van der Waals surface area contributed by atoms with E-state index in [-0.39, 0.29) is 29.1 Å². The zero-order valence-electron chi connectivity index (χ0n) is 24.7. The smallest absolute Gasteiger partial charge is 0.264 e. The van der Waals surface area contributed by atoms with Crippen LogP contribution in [-0.4, -0.2) is 56.9 Å². The topological polar surface area (TPSA) is 96.0 Å². The molecule has 0 radical (unpaired) electrons. The van der Waals surface area contributed by atoms with E-state index < -0.39 is 34.3 Å².